The number of amides is 1. The molecule has 18 heavy (non-hydrogen) atoms. The van der Waals surface area contributed by atoms with Gasteiger partial charge in [-0.25, -0.2) is 0 Å². The summed E-state index contributed by atoms with van der Waals surface area (Å²) in [5.41, 5.74) is 5.57. The zero-order valence-corrected chi connectivity index (χ0v) is 12.3. The molecular formula is C15H30N2O. The number of hydrogen-bond acceptors (Lipinski definition) is 2. The normalized spacial score (nSPS) is 18.3. The van der Waals surface area contributed by atoms with Gasteiger partial charge in [0.05, 0.1) is 0 Å². The van der Waals surface area contributed by atoms with Crippen LogP contribution >= 0.6 is 0 Å². The molecule has 1 aliphatic carbocycles. The fraction of sp³-hybridized carbons (Fsp3) is 0.933. The van der Waals surface area contributed by atoms with Gasteiger partial charge in [-0.05, 0) is 38.1 Å². The lowest BCUT2D eigenvalue weighted by Gasteiger charge is -2.32. The first-order valence-electron chi connectivity index (χ1n) is 7.56. The van der Waals surface area contributed by atoms with Crippen LogP contribution in [-0.4, -0.2) is 29.9 Å². The summed E-state index contributed by atoms with van der Waals surface area (Å²) in [6, 6.07) is 0.497. The van der Waals surface area contributed by atoms with Gasteiger partial charge in [-0.2, -0.15) is 0 Å². The van der Waals surface area contributed by atoms with E-state index in [4.69, 9.17) is 5.73 Å². The lowest BCUT2D eigenvalue weighted by molar-refractivity contribution is -0.137. The first-order valence-corrected chi connectivity index (χ1v) is 7.56. The summed E-state index contributed by atoms with van der Waals surface area (Å²) in [7, 11) is 0. The van der Waals surface area contributed by atoms with E-state index in [9.17, 15) is 4.79 Å². The van der Waals surface area contributed by atoms with Crippen LogP contribution in [0.25, 0.3) is 0 Å². The molecule has 1 amide bonds. The van der Waals surface area contributed by atoms with Crippen LogP contribution in [0.1, 0.15) is 59.3 Å². The Hall–Kier alpha value is -0.570. The second-order valence-electron chi connectivity index (χ2n) is 6.13. The summed E-state index contributed by atoms with van der Waals surface area (Å²) in [6.07, 6.45) is 6.86. The summed E-state index contributed by atoms with van der Waals surface area (Å²) in [6.45, 7) is 8.00. The van der Waals surface area contributed by atoms with Crippen molar-refractivity contribution in [2.75, 3.05) is 13.1 Å². The van der Waals surface area contributed by atoms with Gasteiger partial charge in [-0.1, -0.05) is 33.6 Å². The second-order valence-corrected chi connectivity index (χ2v) is 6.13. The minimum absolute atomic E-state index is 0.0859. The van der Waals surface area contributed by atoms with Crippen LogP contribution in [0.2, 0.25) is 0 Å². The summed E-state index contributed by atoms with van der Waals surface area (Å²) in [4.78, 5) is 14.7. The van der Waals surface area contributed by atoms with E-state index >= 15 is 0 Å². The van der Waals surface area contributed by atoms with Crippen LogP contribution in [-0.2, 0) is 4.79 Å². The van der Waals surface area contributed by atoms with Crippen molar-refractivity contribution >= 4 is 5.91 Å². The molecule has 3 heteroatoms. The first-order chi connectivity index (χ1) is 8.56. The molecule has 3 nitrogen and oxygen atoms in total. The topological polar surface area (TPSA) is 46.3 Å². The standard InChI is InChI=1S/C15H30N2O/c1-12(2)9-11-17(14-6-4-5-7-14)15(18)13(3)8-10-16/h12-14H,4-11,16H2,1-3H3. The molecular weight excluding hydrogens is 224 g/mol. The Morgan fingerprint density at radius 3 is 2.33 bits per heavy atom. The van der Waals surface area contributed by atoms with Crippen molar-refractivity contribution in [2.24, 2.45) is 17.6 Å². The third-order valence-corrected chi connectivity index (χ3v) is 4.02. The van der Waals surface area contributed by atoms with E-state index in [2.05, 4.69) is 18.7 Å². The summed E-state index contributed by atoms with van der Waals surface area (Å²) < 4.78 is 0. The molecule has 1 unspecified atom stereocenters. The predicted octanol–water partition coefficient (Wildman–Crippen LogP) is 2.79. The first kappa shape index (κ1) is 15.5. The van der Waals surface area contributed by atoms with E-state index in [0.29, 0.717) is 24.4 Å². The van der Waals surface area contributed by atoms with Crippen molar-refractivity contribution < 1.29 is 4.79 Å². The fourth-order valence-corrected chi connectivity index (χ4v) is 2.74. The molecule has 0 aromatic heterocycles. The Morgan fingerprint density at radius 1 is 1.22 bits per heavy atom. The Morgan fingerprint density at radius 2 is 1.83 bits per heavy atom. The zero-order valence-electron chi connectivity index (χ0n) is 12.3. The van der Waals surface area contributed by atoms with Gasteiger partial charge in [0.25, 0.3) is 0 Å². The summed E-state index contributed by atoms with van der Waals surface area (Å²) >= 11 is 0. The molecule has 1 aliphatic rings. The van der Waals surface area contributed by atoms with Crippen molar-refractivity contribution in [1.82, 2.24) is 4.90 Å². The summed E-state index contributed by atoms with van der Waals surface area (Å²) in [5, 5.41) is 0. The largest absolute Gasteiger partial charge is 0.339 e. The average molecular weight is 254 g/mol. The lowest BCUT2D eigenvalue weighted by atomic mass is 10.0. The molecule has 0 heterocycles. The van der Waals surface area contributed by atoms with Gasteiger partial charge in [0.1, 0.15) is 0 Å². The lowest BCUT2D eigenvalue weighted by Crippen LogP contribution is -2.43. The van der Waals surface area contributed by atoms with Crippen molar-refractivity contribution in [1.29, 1.82) is 0 Å². The van der Waals surface area contributed by atoms with Gasteiger partial charge in [0.2, 0.25) is 5.91 Å². The molecule has 0 aromatic carbocycles. The number of hydrogen-bond donors (Lipinski definition) is 1. The molecule has 0 saturated heterocycles. The highest BCUT2D eigenvalue weighted by Gasteiger charge is 2.28. The van der Waals surface area contributed by atoms with Crippen LogP contribution in [0, 0.1) is 11.8 Å². The van der Waals surface area contributed by atoms with E-state index in [1.807, 2.05) is 6.92 Å². The third-order valence-electron chi connectivity index (χ3n) is 4.02. The Balaban J connectivity index is 2.60. The maximum atomic E-state index is 12.5. The third kappa shape index (κ3) is 4.60. The molecule has 0 radical (unpaired) electrons. The fourth-order valence-electron chi connectivity index (χ4n) is 2.74. The molecule has 106 valence electrons. The molecule has 0 aromatic rings. The number of nitrogens with two attached hydrogens (primary N) is 1. The van der Waals surface area contributed by atoms with E-state index in [-0.39, 0.29) is 5.92 Å². The molecule has 0 spiro atoms. The SMILES string of the molecule is CC(C)CCN(C(=O)C(C)CCN)C1CCCC1. The van der Waals surface area contributed by atoms with Crippen LogP contribution in [0.3, 0.4) is 0 Å². The number of carbonyl (C=O) groups excluding carboxylic acids is 1. The molecule has 1 fully saturated rings. The highest BCUT2D eigenvalue weighted by Crippen LogP contribution is 2.26. The van der Waals surface area contributed by atoms with Gasteiger partial charge in [-0.3, -0.25) is 4.79 Å². The monoisotopic (exact) mass is 254 g/mol. The Labute approximate surface area is 112 Å². The quantitative estimate of drug-likeness (QED) is 0.759. The number of carbonyl (C=O) groups is 1. The summed E-state index contributed by atoms with van der Waals surface area (Å²) in [5.74, 6) is 1.07. The zero-order chi connectivity index (χ0) is 13.5. The smallest absolute Gasteiger partial charge is 0.225 e. The van der Waals surface area contributed by atoms with E-state index < -0.39 is 0 Å². The van der Waals surface area contributed by atoms with E-state index in [1.54, 1.807) is 0 Å². The molecule has 2 N–H and O–H groups in total. The van der Waals surface area contributed by atoms with Gasteiger partial charge in [-0.15, -0.1) is 0 Å². The van der Waals surface area contributed by atoms with Crippen molar-refractivity contribution in [2.45, 2.75) is 65.3 Å². The maximum absolute atomic E-state index is 12.5. The highest BCUT2D eigenvalue weighted by molar-refractivity contribution is 5.78. The number of rotatable bonds is 7. The predicted molar refractivity (Wildman–Crippen MR) is 76.3 cm³/mol. The van der Waals surface area contributed by atoms with Crippen LogP contribution < -0.4 is 5.73 Å². The average Bonchev–Trinajstić information content (AvgIpc) is 2.82. The van der Waals surface area contributed by atoms with E-state index in [0.717, 1.165) is 19.4 Å². The Kier molecular flexibility index (Phi) is 6.69. The van der Waals surface area contributed by atoms with Gasteiger partial charge >= 0.3 is 0 Å². The van der Waals surface area contributed by atoms with Crippen molar-refractivity contribution in [3.63, 3.8) is 0 Å². The van der Waals surface area contributed by atoms with Crippen molar-refractivity contribution in [3.8, 4) is 0 Å². The van der Waals surface area contributed by atoms with Gasteiger partial charge < -0.3 is 10.6 Å². The maximum Gasteiger partial charge on any atom is 0.225 e. The molecule has 1 rings (SSSR count). The van der Waals surface area contributed by atoms with Gasteiger partial charge in [0, 0.05) is 18.5 Å². The van der Waals surface area contributed by atoms with E-state index in [1.165, 1.54) is 25.7 Å². The van der Waals surface area contributed by atoms with Gasteiger partial charge in [0.15, 0.2) is 0 Å². The minimum atomic E-state index is 0.0859. The molecule has 1 atom stereocenters. The van der Waals surface area contributed by atoms with Crippen LogP contribution in [0.5, 0.6) is 0 Å². The Bertz CT molecular complexity index is 247. The minimum Gasteiger partial charge on any atom is -0.339 e. The molecule has 0 bridgehead atoms. The molecule has 0 aliphatic heterocycles. The second kappa shape index (κ2) is 7.78. The van der Waals surface area contributed by atoms with Crippen LogP contribution in [0.15, 0.2) is 0 Å². The highest BCUT2D eigenvalue weighted by atomic mass is 16.2. The van der Waals surface area contributed by atoms with Crippen molar-refractivity contribution in [3.05, 3.63) is 0 Å². The van der Waals surface area contributed by atoms with Crippen LogP contribution in [0.4, 0.5) is 0 Å². The number of nitrogens with zero attached hydrogens (tertiary/aromatic N) is 1. The molecule has 1 saturated carbocycles.